The normalized spacial score (nSPS) is 15.7. The van der Waals surface area contributed by atoms with E-state index in [9.17, 15) is 19.7 Å². The number of carbonyl (C=O) groups is 1. The lowest BCUT2D eigenvalue weighted by Crippen LogP contribution is -2.40. The highest BCUT2D eigenvalue weighted by molar-refractivity contribution is 7.07. The third kappa shape index (κ3) is 4.72. The number of non-ortho nitro benzene ring substituents is 1. The Morgan fingerprint density at radius 1 is 1.26 bits per heavy atom. The van der Waals surface area contributed by atoms with Crippen molar-refractivity contribution in [2.75, 3.05) is 6.61 Å². The fourth-order valence-corrected chi connectivity index (χ4v) is 5.09. The van der Waals surface area contributed by atoms with Crippen LogP contribution in [0.2, 0.25) is 0 Å². The standard InChI is InChI=1S/C26H25N3O5S/c1-5-34-25(31)22-16(4)27-26-28(23(22)19-7-6-8-20(14-19)29(32)33)24(30)21(35-26)13-17-9-11-18(12-10-17)15(2)3/h6-15,23H,5H2,1-4H3/b21-13+/t23-/m1/s1. The number of nitrogens with zero attached hydrogens (tertiary/aromatic N) is 3. The van der Waals surface area contributed by atoms with Crippen molar-refractivity contribution in [1.29, 1.82) is 0 Å². The fraction of sp³-hybridized carbons (Fsp3) is 0.269. The van der Waals surface area contributed by atoms with E-state index in [1.807, 2.05) is 24.3 Å². The van der Waals surface area contributed by atoms with Gasteiger partial charge in [-0.1, -0.05) is 61.6 Å². The molecular formula is C26H25N3O5S. The molecule has 2 aromatic carbocycles. The molecule has 1 aliphatic rings. The second-order valence-corrected chi connectivity index (χ2v) is 9.48. The summed E-state index contributed by atoms with van der Waals surface area (Å²) in [4.78, 5) is 42.4. The Hall–Kier alpha value is -3.85. The molecule has 2 heterocycles. The van der Waals surface area contributed by atoms with Crippen molar-refractivity contribution in [3.63, 3.8) is 0 Å². The molecular weight excluding hydrogens is 466 g/mol. The number of carbonyl (C=O) groups excluding carboxylic acids is 1. The average molecular weight is 492 g/mol. The highest BCUT2D eigenvalue weighted by Crippen LogP contribution is 2.32. The molecule has 3 aromatic rings. The number of hydrogen-bond donors (Lipinski definition) is 0. The molecule has 0 N–H and O–H groups in total. The second-order valence-electron chi connectivity index (χ2n) is 8.48. The van der Waals surface area contributed by atoms with Crippen LogP contribution < -0.4 is 14.9 Å². The lowest BCUT2D eigenvalue weighted by Gasteiger charge is -2.24. The van der Waals surface area contributed by atoms with Crippen LogP contribution in [0, 0.1) is 10.1 Å². The number of aromatic nitrogens is 1. The monoisotopic (exact) mass is 491 g/mol. The summed E-state index contributed by atoms with van der Waals surface area (Å²) in [5, 5.41) is 11.4. The summed E-state index contributed by atoms with van der Waals surface area (Å²) >= 11 is 1.22. The van der Waals surface area contributed by atoms with Crippen LogP contribution in [0.4, 0.5) is 5.69 Å². The van der Waals surface area contributed by atoms with Crippen molar-refractivity contribution in [2.45, 2.75) is 39.7 Å². The molecule has 0 saturated carbocycles. The molecule has 0 fully saturated rings. The molecule has 9 heteroatoms. The number of fused-ring (bicyclic) bond motifs is 1. The van der Waals surface area contributed by atoms with Crippen LogP contribution >= 0.6 is 11.3 Å². The van der Waals surface area contributed by atoms with E-state index in [0.29, 0.717) is 26.5 Å². The number of ether oxygens (including phenoxy) is 1. The number of nitro groups is 1. The van der Waals surface area contributed by atoms with Gasteiger partial charge in [0.1, 0.15) is 0 Å². The zero-order valence-corrected chi connectivity index (χ0v) is 20.7. The van der Waals surface area contributed by atoms with Gasteiger partial charge in [-0.05, 0) is 42.5 Å². The number of benzene rings is 2. The Morgan fingerprint density at radius 2 is 1.97 bits per heavy atom. The lowest BCUT2D eigenvalue weighted by atomic mass is 9.95. The second kappa shape index (κ2) is 9.79. The quantitative estimate of drug-likeness (QED) is 0.296. The van der Waals surface area contributed by atoms with E-state index in [-0.39, 0.29) is 23.4 Å². The van der Waals surface area contributed by atoms with Gasteiger partial charge >= 0.3 is 5.97 Å². The summed E-state index contributed by atoms with van der Waals surface area (Å²) in [7, 11) is 0. The summed E-state index contributed by atoms with van der Waals surface area (Å²) in [5.41, 5.74) is 2.64. The molecule has 0 unspecified atom stereocenters. The number of rotatable bonds is 6. The molecule has 8 nitrogen and oxygen atoms in total. The summed E-state index contributed by atoms with van der Waals surface area (Å²) < 4.78 is 7.14. The molecule has 4 rings (SSSR count). The number of esters is 1. The Kier molecular flexibility index (Phi) is 6.79. The van der Waals surface area contributed by atoms with Crippen molar-refractivity contribution in [3.8, 4) is 0 Å². The first kappa shape index (κ1) is 24.3. The predicted octanol–water partition coefficient (Wildman–Crippen LogP) is 3.83. The van der Waals surface area contributed by atoms with E-state index in [1.54, 1.807) is 26.0 Å². The Bertz CT molecular complexity index is 1510. The first-order valence-corrected chi connectivity index (χ1v) is 12.1. The van der Waals surface area contributed by atoms with Crippen molar-refractivity contribution >= 4 is 29.1 Å². The van der Waals surface area contributed by atoms with E-state index >= 15 is 0 Å². The van der Waals surface area contributed by atoms with Gasteiger partial charge in [-0.15, -0.1) is 0 Å². The van der Waals surface area contributed by atoms with Gasteiger partial charge in [-0.3, -0.25) is 19.5 Å². The number of thiazole rings is 1. The topological polar surface area (TPSA) is 104 Å². The summed E-state index contributed by atoms with van der Waals surface area (Å²) in [5.74, 6) is -0.211. The molecule has 0 bridgehead atoms. The van der Waals surface area contributed by atoms with Crippen molar-refractivity contribution < 1.29 is 14.5 Å². The zero-order chi connectivity index (χ0) is 25.3. The first-order chi connectivity index (χ1) is 16.7. The molecule has 0 amide bonds. The lowest BCUT2D eigenvalue weighted by molar-refractivity contribution is -0.384. The summed E-state index contributed by atoms with van der Waals surface area (Å²) in [6, 6.07) is 13.0. The minimum atomic E-state index is -0.893. The maximum absolute atomic E-state index is 13.6. The van der Waals surface area contributed by atoms with Gasteiger partial charge in [-0.25, -0.2) is 9.79 Å². The average Bonchev–Trinajstić information content (AvgIpc) is 3.13. The highest BCUT2D eigenvalue weighted by Gasteiger charge is 2.34. The van der Waals surface area contributed by atoms with Gasteiger partial charge in [0.15, 0.2) is 4.80 Å². The number of allylic oxidation sites excluding steroid dienone is 1. The largest absolute Gasteiger partial charge is 0.463 e. The first-order valence-electron chi connectivity index (χ1n) is 11.2. The van der Waals surface area contributed by atoms with E-state index in [0.717, 1.165) is 5.56 Å². The van der Waals surface area contributed by atoms with Gasteiger partial charge in [0.25, 0.3) is 11.2 Å². The van der Waals surface area contributed by atoms with Gasteiger partial charge < -0.3 is 4.74 Å². The van der Waals surface area contributed by atoms with Gasteiger partial charge in [0, 0.05) is 12.1 Å². The van der Waals surface area contributed by atoms with Crippen LogP contribution in [0.15, 0.2) is 69.6 Å². The van der Waals surface area contributed by atoms with Gasteiger partial charge in [-0.2, -0.15) is 0 Å². The van der Waals surface area contributed by atoms with E-state index in [2.05, 4.69) is 18.8 Å². The Balaban J connectivity index is 1.92. The third-order valence-electron chi connectivity index (χ3n) is 5.81. The maximum atomic E-state index is 13.6. The molecule has 1 atom stereocenters. The van der Waals surface area contributed by atoms with Crippen molar-refractivity contribution in [2.24, 2.45) is 4.99 Å². The smallest absolute Gasteiger partial charge is 0.338 e. The number of nitro benzene ring substituents is 1. The van der Waals surface area contributed by atoms with Gasteiger partial charge in [0.2, 0.25) is 0 Å². The molecule has 180 valence electrons. The van der Waals surface area contributed by atoms with Gasteiger partial charge in [0.05, 0.1) is 33.4 Å². The molecule has 35 heavy (non-hydrogen) atoms. The molecule has 0 spiro atoms. The third-order valence-corrected chi connectivity index (χ3v) is 6.80. The zero-order valence-electron chi connectivity index (χ0n) is 19.8. The van der Waals surface area contributed by atoms with Crippen LogP contribution in [0.5, 0.6) is 0 Å². The van der Waals surface area contributed by atoms with E-state index in [1.165, 1.54) is 39.7 Å². The molecule has 1 aromatic heterocycles. The number of hydrogen-bond acceptors (Lipinski definition) is 7. The molecule has 1 aliphatic heterocycles. The van der Waals surface area contributed by atoms with Crippen LogP contribution in [0.1, 0.15) is 56.3 Å². The fourth-order valence-electron chi connectivity index (χ4n) is 4.04. The summed E-state index contributed by atoms with van der Waals surface area (Å²) in [6.07, 6.45) is 1.79. The van der Waals surface area contributed by atoms with Crippen LogP contribution in [-0.2, 0) is 9.53 Å². The highest BCUT2D eigenvalue weighted by atomic mass is 32.1. The SMILES string of the molecule is CCOC(=O)C1=C(C)N=c2s/c(=C/c3ccc(C(C)C)cc3)c(=O)n2[C@@H]1c1cccc([N+](=O)[O-])c1. The summed E-state index contributed by atoms with van der Waals surface area (Å²) in [6.45, 7) is 7.75. The van der Waals surface area contributed by atoms with Crippen molar-refractivity contribution in [1.82, 2.24) is 4.57 Å². The van der Waals surface area contributed by atoms with Crippen molar-refractivity contribution in [3.05, 3.63) is 106 Å². The predicted molar refractivity (Wildman–Crippen MR) is 134 cm³/mol. The van der Waals surface area contributed by atoms with E-state index < -0.39 is 16.9 Å². The van der Waals surface area contributed by atoms with Crippen LogP contribution in [-0.4, -0.2) is 22.1 Å². The molecule has 0 radical (unpaired) electrons. The molecule has 0 saturated heterocycles. The minimum absolute atomic E-state index is 0.132. The maximum Gasteiger partial charge on any atom is 0.338 e. The van der Waals surface area contributed by atoms with Crippen LogP contribution in [0.25, 0.3) is 6.08 Å². The molecule has 0 aliphatic carbocycles. The van der Waals surface area contributed by atoms with E-state index in [4.69, 9.17) is 4.74 Å². The Labute approximate surface area is 205 Å². The van der Waals surface area contributed by atoms with Crippen LogP contribution in [0.3, 0.4) is 0 Å². The minimum Gasteiger partial charge on any atom is -0.463 e. The Morgan fingerprint density at radius 3 is 2.60 bits per heavy atom.